The standard InChI is InChI=1S/C10H15F2N3O4S/c1-9(2,10(3,11)12)5-13-20(18,19)7-4-6(8(16)17)14-15-7/h4,13H,5H2,1-3H3,(H,14,15)(H,16,17). The Labute approximate surface area is 114 Å². The highest BCUT2D eigenvalue weighted by Crippen LogP contribution is 2.35. The molecule has 0 saturated heterocycles. The van der Waals surface area contributed by atoms with Crippen LogP contribution in [0.4, 0.5) is 8.78 Å². The molecule has 10 heteroatoms. The molecule has 0 spiro atoms. The van der Waals surface area contributed by atoms with Gasteiger partial charge in [0, 0.05) is 18.0 Å². The second-order valence-corrected chi connectivity index (χ2v) is 6.75. The molecule has 0 aliphatic carbocycles. The normalized spacial score (nSPS) is 13.4. The second-order valence-electron chi connectivity index (χ2n) is 5.02. The van der Waals surface area contributed by atoms with Gasteiger partial charge < -0.3 is 5.11 Å². The quantitative estimate of drug-likeness (QED) is 0.727. The Kier molecular flexibility index (Phi) is 4.20. The van der Waals surface area contributed by atoms with Crippen LogP contribution in [0, 0.1) is 5.41 Å². The highest BCUT2D eigenvalue weighted by molar-refractivity contribution is 7.89. The van der Waals surface area contributed by atoms with Crippen molar-refractivity contribution in [2.75, 3.05) is 6.54 Å². The first-order valence-corrected chi connectivity index (χ1v) is 7.01. The predicted molar refractivity (Wildman–Crippen MR) is 65.1 cm³/mol. The zero-order chi connectivity index (χ0) is 15.8. The summed E-state index contributed by atoms with van der Waals surface area (Å²) in [6.45, 7) is 2.61. The van der Waals surface area contributed by atoms with Crippen molar-refractivity contribution < 1.29 is 27.1 Å². The van der Waals surface area contributed by atoms with Crippen molar-refractivity contribution in [2.24, 2.45) is 5.41 Å². The van der Waals surface area contributed by atoms with Crippen molar-refractivity contribution in [1.82, 2.24) is 14.9 Å². The van der Waals surface area contributed by atoms with Gasteiger partial charge in [0.25, 0.3) is 15.9 Å². The highest BCUT2D eigenvalue weighted by Gasteiger charge is 2.42. The van der Waals surface area contributed by atoms with E-state index in [2.05, 4.69) is 5.10 Å². The number of carboxylic acids is 1. The van der Waals surface area contributed by atoms with Crippen molar-refractivity contribution in [3.05, 3.63) is 11.8 Å². The van der Waals surface area contributed by atoms with E-state index in [0.29, 0.717) is 6.92 Å². The summed E-state index contributed by atoms with van der Waals surface area (Å²) in [5, 5.41) is 13.5. The van der Waals surface area contributed by atoms with Crippen LogP contribution in [-0.2, 0) is 10.0 Å². The smallest absolute Gasteiger partial charge is 0.356 e. The van der Waals surface area contributed by atoms with Crippen LogP contribution in [0.5, 0.6) is 0 Å². The molecule has 1 aromatic rings. The zero-order valence-corrected chi connectivity index (χ0v) is 11.9. The molecule has 114 valence electrons. The van der Waals surface area contributed by atoms with E-state index in [-0.39, 0.29) is 0 Å². The minimum Gasteiger partial charge on any atom is -0.476 e. The van der Waals surface area contributed by atoms with Crippen LogP contribution in [0.2, 0.25) is 0 Å². The maximum atomic E-state index is 13.3. The molecule has 0 saturated carbocycles. The van der Waals surface area contributed by atoms with Crippen molar-refractivity contribution in [3.63, 3.8) is 0 Å². The molecule has 0 unspecified atom stereocenters. The minimum atomic E-state index is -4.13. The SMILES string of the molecule is CC(F)(F)C(C)(C)CNS(=O)(=O)c1cc(C(=O)O)n[nH]1. The Balaban J connectivity index is 2.88. The molecule has 0 bridgehead atoms. The highest BCUT2D eigenvalue weighted by atomic mass is 32.2. The number of rotatable bonds is 6. The average Bonchev–Trinajstić information content (AvgIpc) is 2.75. The van der Waals surface area contributed by atoms with E-state index in [1.165, 1.54) is 13.8 Å². The summed E-state index contributed by atoms with van der Waals surface area (Å²) in [6, 6.07) is 0.807. The van der Waals surface area contributed by atoms with Gasteiger partial charge in [-0.15, -0.1) is 0 Å². The third-order valence-electron chi connectivity index (χ3n) is 2.96. The Morgan fingerprint density at radius 1 is 1.45 bits per heavy atom. The number of H-pyrrole nitrogens is 1. The first kappa shape index (κ1) is 16.5. The number of hydrogen-bond acceptors (Lipinski definition) is 4. The summed E-state index contributed by atoms with van der Waals surface area (Å²) in [4.78, 5) is 10.6. The van der Waals surface area contributed by atoms with Gasteiger partial charge in [0.2, 0.25) is 0 Å². The lowest BCUT2D eigenvalue weighted by Gasteiger charge is -2.31. The molecule has 3 N–H and O–H groups in total. The Bertz CT molecular complexity index is 604. The van der Waals surface area contributed by atoms with Gasteiger partial charge in [-0.05, 0) is 6.92 Å². The van der Waals surface area contributed by atoms with Gasteiger partial charge in [-0.25, -0.2) is 26.7 Å². The van der Waals surface area contributed by atoms with Gasteiger partial charge in [-0.1, -0.05) is 13.8 Å². The Morgan fingerprint density at radius 3 is 2.40 bits per heavy atom. The van der Waals surface area contributed by atoms with Crippen molar-refractivity contribution >= 4 is 16.0 Å². The van der Waals surface area contributed by atoms with E-state index in [1.807, 2.05) is 9.82 Å². The number of aromatic nitrogens is 2. The van der Waals surface area contributed by atoms with E-state index in [0.717, 1.165) is 6.07 Å². The van der Waals surface area contributed by atoms with Crippen LogP contribution in [0.25, 0.3) is 0 Å². The van der Waals surface area contributed by atoms with Crippen LogP contribution in [-0.4, -0.2) is 42.2 Å². The predicted octanol–water partition coefficient (Wildman–Crippen LogP) is 1.07. The van der Waals surface area contributed by atoms with Crippen molar-refractivity contribution in [3.8, 4) is 0 Å². The third-order valence-corrected chi connectivity index (χ3v) is 4.27. The molecule has 0 aromatic carbocycles. The second kappa shape index (κ2) is 5.09. The lowest BCUT2D eigenvalue weighted by atomic mass is 9.87. The van der Waals surface area contributed by atoms with E-state index in [4.69, 9.17) is 5.11 Å². The van der Waals surface area contributed by atoms with Crippen LogP contribution >= 0.6 is 0 Å². The molecule has 0 amide bonds. The third kappa shape index (κ3) is 3.51. The molecule has 1 heterocycles. The van der Waals surface area contributed by atoms with Crippen LogP contribution in [0.15, 0.2) is 11.1 Å². The summed E-state index contributed by atoms with van der Waals surface area (Å²) in [6.07, 6.45) is 0. The summed E-state index contributed by atoms with van der Waals surface area (Å²) in [5.41, 5.74) is -2.08. The fourth-order valence-corrected chi connectivity index (χ4v) is 2.20. The van der Waals surface area contributed by atoms with Gasteiger partial charge in [-0.3, -0.25) is 5.10 Å². The fraction of sp³-hybridized carbons (Fsp3) is 0.600. The summed E-state index contributed by atoms with van der Waals surface area (Å²) in [7, 11) is -4.13. The molecule has 0 atom stereocenters. The van der Waals surface area contributed by atoms with Crippen LogP contribution in [0.3, 0.4) is 0 Å². The molecule has 20 heavy (non-hydrogen) atoms. The molecule has 0 radical (unpaired) electrons. The first-order chi connectivity index (χ1) is 8.87. The number of hydrogen-bond donors (Lipinski definition) is 3. The fourth-order valence-electron chi connectivity index (χ4n) is 1.06. The molecule has 7 nitrogen and oxygen atoms in total. The number of sulfonamides is 1. The summed E-state index contributed by atoms with van der Waals surface area (Å²) < 4.78 is 52.2. The molecule has 0 aliphatic rings. The molecule has 0 aliphatic heterocycles. The van der Waals surface area contributed by atoms with Crippen LogP contribution in [0.1, 0.15) is 31.3 Å². The first-order valence-electron chi connectivity index (χ1n) is 5.53. The molecular formula is C10H15F2N3O4S. The number of nitrogens with one attached hydrogen (secondary N) is 2. The minimum absolute atomic E-state index is 0.481. The van der Waals surface area contributed by atoms with Crippen LogP contribution < -0.4 is 4.72 Å². The number of halogens is 2. The summed E-state index contributed by atoms with van der Waals surface area (Å²) in [5.74, 6) is -4.49. The van der Waals surface area contributed by atoms with Gasteiger partial charge in [-0.2, -0.15) is 5.10 Å². The Morgan fingerprint density at radius 2 is 2.00 bits per heavy atom. The van der Waals surface area contributed by atoms with E-state index in [1.54, 1.807) is 0 Å². The average molecular weight is 311 g/mol. The van der Waals surface area contributed by atoms with Gasteiger partial charge >= 0.3 is 5.97 Å². The zero-order valence-electron chi connectivity index (χ0n) is 11.1. The number of aromatic carboxylic acids is 1. The number of nitrogens with zero attached hydrogens (tertiary/aromatic N) is 1. The van der Waals surface area contributed by atoms with Gasteiger partial charge in [0.05, 0.1) is 0 Å². The number of carboxylic acid groups (broad SMARTS) is 1. The lowest BCUT2D eigenvalue weighted by molar-refractivity contribution is -0.0847. The van der Waals surface area contributed by atoms with E-state index >= 15 is 0 Å². The number of carbonyl (C=O) groups is 1. The molecular weight excluding hydrogens is 296 g/mol. The summed E-state index contributed by atoms with van der Waals surface area (Å²) >= 11 is 0. The Hall–Kier alpha value is -1.55. The monoisotopic (exact) mass is 311 g/mol. The van der Waals surface area contributed by atoms with Gasteiger partial charge in [0.1, 0.15) is 0 Å². The van der Waals surface area contributed by atoms with Crippen molar-refractivity contribution in [2.45, 2.75) is 31.7 Å². The van der Waals surface area contributed by atoms with Gasteiger partial charge in [0.15, 0.2) is 10.7 Å². The number of alkyl halides is 2. The largest absolute Gasteiger partial charge is 0.476 e. The topological polar surface area (TPSA) is 112 Å². The molecule has 1 aromatic heterocycles. The molecule has 1 rings (SSSR count). The lowest BCUT2D eigenvalue weighted by Crippen LogP contribution is -2.44. The van der Waals surface area contributed by atoms with Crippen molar-refractivity contribution in [1.29, 1.82) is 0 Å². The van der Waals surface area contributed by atoms with E-state index in [9.17, 15) is 22.0 Å². The maximum Gasteiger partial charge on any atom is 0.356 e. The van der Waals surface area contributed by atoms with E-state index < -0.39 is 44.6 Å². The number of aromatic amines is 1. The molecule has 0 fully saturated rings. The maximum absolute atomic E-state index is 13.3.